The van der Waals surface area contributed by atoms with Crippen LogP contribution in [0.1, 0.15) is 20.8 Å². The fourth-order valence-electron chi connectivity index (χ4n) is 1.98. The van der Waals surface area contributed by atoms with Crippen LogP contribution in [0, 0.1) is 0 Å². The molecule has 0 amide bonds. The van der Waals surface area contributed by atoms with Crippen LogP contribution in [0.2, 0.25) is 0 Å². The van der Waals surface area contributed by atoms with Crippen molar-refractivity contribution in [3.05, 3.63) is 0 Å². The fraction of sp³-hybridized carbons (Fsp3) is 0.900. The van der Waals surface area contributed by atoms with Crippen molar-refractivity contribution in [1.82, 2.24) is 0 Å². The van der Waals surface area contributed by atoms with Crippen molar-refractivity contribution >= 4 is 5.78 Å². The van der Waals surface area contributed by atoms with Gasteiger partial charge in [0.15, 0.2) is 24.0 Å². The Morgan fingerprint density at radius 3 is 2.60 bits per heavy atom. The van der Waals surface area contributed by atoms with Gasteiger partial charge in [0.05, 0.1) is 0 Å². The number of ether oxygens (including phenoxy) is 4. The monoisotopic (exact) mass is 216 g/mol. The molecular weight excluding hydrogens is 200 g/mol. The first-order valence-electron chi connectivity index (χ1n) is 5.02. The number of carbonyl (C=O) groups is 1. The van der Waals surface area contributed by atoms with E-state index in [-0.39, 0.29) is 5.78 Å². The van der Waals surface area contributed by atoms with E-state index in [4.69, 9.17) is 18.9 Å². The van der Waals surface area contributed by atoms with Crippen molar-refractivity contribution in [1.29, 1.82) is 0 Å². The molecule has 0 N–H and O–H groups in total. The highest BCUT2D eigenvalue weighted by molar-refractivity contribution is 5.88. The average molecular weight is 216 g/mol. The smallest absolute Gasteiger partial charge is 0.193 e. The van der Waals surface area contributed by atoms with Crippen LogP contribution in [0.25, 0.3) is 0 Å². The van der Waals surface area contributed by atoms with Gasteiger partial charge in [0.25, 0.3) is 0 Å². The molecule has 2 rings (SSSR count). The standard InChI is InChI=1S/C10H16O5/c1-5-6(11)7-8(9(12-4)13-5)15-10(2,3)14-7/h5,7-9H,1-4H3/t5-,7+,8+,9+/m0/s1. The summed E-state index contributed by atoms with van der Waals surface area (Å²) in [6, 6.07) is 0. The maximum Gasteiger partial charge on any atom is 0.193 e. The van der Waals surface area contributed by atoms with Crippen LogP contribution in [-0.2, 0) is 23.7 Å². The lowest BCUT2D eigenvalue weighted by Crippen LogP contribution is -2.53. The number of hydrogen-bond donors (Lipinski definition) is 0. The lowest BCUT2D eigenvalue weighted by molar-refractivity contribution is -0.232. The Bertz CT molecular complexity index is 275. The number of rotatable bonds is 1. The van der Waals surface area contributed by atoms with E-state index >= 15 is 0 Å². The Morgan fingerprint density at radius 2 is 2.00 bits per heavy atom. The molecular formula is C10H16O5. The predicted octanol–water partition coefficient (Wildman–Crippen LogP) is 0.467. The zero-order valence-electron chi connectivity index (χ0n) is 9.35. The zero-order valence-corrected chi connectivity index (χ0v) is 9.35. The maximum atomic E-state index is 11.8. The highest BCUT2D eigenvalue weighted by Gasteiger charge is 2.54. The highest BCUT2D eigenvalue weighted by atomic mass is 16.8. The van der Waals surface area contributed by atoms with Gasteiger partial charge in [0.1, 0.15) is 12.2 Å². The van der Waals surface area contributed by atoms with Gasteiger partial charge in [-0.1, -0.05) is 0 Å². The Balaban J connectivity index is 2.22. The van der Waals surface area contributed by atoms with Crippen LogP contribution in [0.4, 0.5) is 0 Å². The summed E-state index contributed by atoms with van der Waals surface area (Å²) in [6.45, 7) is 5.24. The largest absolute Gasteiger partial charge is 0.353 e. The Morgan fingerprint density at radius 1 is 1.33 bits per heavy atom. The van der Waals surface area contributed by atoms with Crippen molar-refractivity contribution in [2.45, 2.75) is 51.2 Å². The Kier molecular flexibility index (Phi) is 2.58. The van der Waals surface area contributed by atoms with E-state index in [9.17, 15) is 4.79 Å². The summed E-state index contributed by atoms with van der Waals surface area (Å²) < 4.78 is 21.6. The molecule has 2 aliphatic heterocycles. The van der Waals surface area contributed by atoms with Gasteiger partial charge >= 0.3 is 0 Å². The van der Waals surface area contributed by atoms with Gasteiger partial charge in [0.2, 0.25) is 0 Å². The van der Waals surface area contributed by atoms with E-state index in [2.05, 4.69) is 0 Å². The molecule has 0 aromatic heterocycles. The molecule has 0 aromatic rings. The van der Waals surface area contributed by atoms with E-state index in [1.807, 2.05) is 0 Å². The number of methoxy groups -OCH3 is 1. The minimum atomic E-state index is -0.755. The van der Waals surface area contributed by atoms with E-state index in [0.717, 1.165) is 0 Å². The number of carbonyl (C=O) groups excluding carboxylic acids is 1. The molecule has 2 heterocycles. The van der Waals surface area contributed by atoms with Crippen LogP contribution in [0.15, 0.2) is 0 Å². The zero-order chi connectivity index (χ0) is 11.2. The van der Waals surface area contributed by atoms with E-state index in [0.29, 0.717) is 0 Å². The van der Waals surface area contributed by atoms with Crippen molar-refractivity contribution in [2.75, 3.05) is 7.11 Å². The third-order valence-corrected chi connectivity index (χ3v) is 2.65. The van der Waals surface area contributed by atoms with Crippen LogP contribution >= 0.6 is 0 Å². The summed E-state index contributed by atoms with van der Waals surface area (Å²) in [4.78, 5) is 11.8. The molecule has 5 nitrogen and oxygen atoms in total. The van der Waals surface area contributed by atoms with E-state index < -0.39 is 30.4 Å². The van der Waals surface area contributed by atoms with Crippen molar-refractivity contribution in [2.24, 2.45) is 0 Å². The predicted molar refractivity (Wildman–Crippen MR) is 50.2 cm³/mol. The van der Waals surface area contributed by atoms with Gasteiger partial charge in [-0.15, -0.1) is 0 Å². The Hall–Kier alpha value is -0.490. The van der Waals surface area contributed by atoms with Crippen molar-refractivity contribution in [3.8, 4) is 0 Å². The molecule has 15 heavy (non-hydrogen) atoms. The first-order valence-corrected chi connectivity index (χ1v) is 5.02. The average Bonchev–Trinajstić information content (AvgIpc) is 2.48. The van der Waals surface area contributed by atoms with Crippen LogP contribution < -0.4 is 0 Å². The summed E-state index contributed by atoms with van der Waals surface area (Å²) >= 11 is 0. The molecule has 0 bridgehead atoms. The van der Waals surface area contributed by atoms with Gasteiger partial charge in [-0.2, -0.15) is 0 Å². The molecule has 0 aliphatic carbocycles. The molecule has 0 saturated carbocycles. The second-order valence-corrected chi connectivity index (χ2v) is 4.31. The first-order chi connectivity index (χ1) is 6.94. The van der Waals surface area contributed by atoms with Gasteiger partial charge in [-0.3, -0.25) is 4.79 Å². The molecule has 2 saturated heterocycles. The third-order valence-electron chi connectivity index (χ3n) is 2.65. The fourth-order valence-corrected chi connectivity index (χ4v) is 1.98. The number of Topliss-reactive ketones (excluding diaryl/α,β-unsaturated/α-hetero) is 1. The van der Waals surface area contributed by atoms with Gasteiger partial charge < -0.3 is 18.9 Å². The number of ketones is 1. The summed E-state index contributed by atoms with van der Waals surface area (Å²) in [6.07, 6.45) is -2.08. The lowest BCUT2D eigenvalue weighted by Gasteiger charge is -2.32. The summed E-state index contributed by atoms with van der Waals surface area (Å²) in [5.41, 5.74) is 0. The molecule has 0 aromatic carbocycles. The third kappa shape index (κ3) is 1.80. The van der Waals surface area contributed by atoms with E-state index in [1.54, 1.807) is 20.8 Å². The lowest BCUT2D eigenvalue weighted by atomic mass is 10.0. The molecule has 5 heteroatoms. The Labute approximate surface area is 88.6 Å². The molecule has 0 unspecified atom stereocenters. The molecule has 86 valence electrons. The summed E-state index contributed by atoms with van der Waals surface area (Å²) in [5.74, 6) is -0.839. The summed E-state index contributed by atoms with van der Waals surface area (Å²) in [7, 11) is 1.53. The van der Waals surface area contributed by atoms with Crippen LogP contribution in [0.5, 0.6) is 0 Å². The molecule has 0 radical (unpaired) electrons. The van der Waals surface area contributed by atoms with Crippen LogP contribution in [-0.4, -0.2) is 43.3 Å². The van der Waals surface area contributed by atoms with E-state index in [1.165, 1.54) is 7.11 Å². The SMILES string of the molecule is CO[C@@H]1O[C@@H](C)C(=O)[C@H]2OC(C)(C)O[C@@H]12. The van der Waals surface area contributed by atoms with Crippen LogP contribution in [0.3, 0.4) is 0 Å². The highest BCUT2D eigenvalue weighted by Crippen LogP contribution is 2.35. The number of hydrogen-bond acceptors (Lipinski definition) is 5. The second kappa shape index (κ2) is 3.52. The quantitative estimate of drug-likeness (QED) is 0.637. The van der Waals surface area contributed by atoms with Gasteiger partial charge in [-0.25, -0.2) is 0 Å². The van der Waals surface area contributed by atoms with Crippen molar-refractivity contribution < 1.29 is 23.7 Å². The number of fused-ring (bicyclic) bond motifs is 1. The molecule has 2 fully saturated rings. The minimum absolute atomic E-state index is 0.0844. The minimum Gasteiger partial charge on any atom is -0.353 e. The van der Waals surface area contributed by atoms with Gasteiger partial charge in [-0.05, 0) is 20.8 Å². The molecule has 4 atom stereocenters. The van der Waals surface area contributed by atoms with Gasteiger partial charge in [0, 0.05) is 7.11 Å². The molecule has 0 spiro atoms. The first kappa shape index (κ1) is 11.0. The maximum absolute atomic E-state index is 11.8. The topological polar surface area (TPSA) is 54.0 Å². The second-order valence-electron chi connectivity index (χ2n) is 4.31. The summed E-state index contributed by atoms with van der Waals surface area (Å²) in [5, 5.41) is 0. The van der Waals surface area contributed by atoms with Crippen molar-refractivity contribution in [3.63, 3.8) is 0 Å². The normalized spacial score (nSPS) is 44.1. The molecule has 2 aliphatic rings.